The largest absolute Gasteiger partial charge is 0.489 e. The lowest BCUT2D eigenvalue weighted by Gasteiger charge is -2.23. The van der Waals surface area contributed by atoms with E-state index >= 15 is 0 Å². The minimum Gasteiger partial charge on any atom is -0.489 e. The first-order chi connectivity index (χ1) is 13.8. The number of urea groups is 1. The first-order valence-electron chi connectivity index (χ1n) is 9.73. The molecular weight excluding hydrogens is 348 g/mol. The van der Waals surface area contributed by atoms with Gasteiger partial charge >= 0.3 is 6.03 Å². The molecule has 0 bridgehead atoms. The number of amides is 2. The zero-order valence-corrected chi connectivity index (χ0v) is 15.8. The maximum Gasteiger partial charge on any atom is 0.326 e. The van der Waals surface area contributed by atoms with Crippen LogP contribution >= 0.6 is 0 Å². The second kappa shape index (κ2) is 8.61. The zero-order chi connectivity index (χ0) is 19.2. The van der Waals surface area contributed by atoms with E-state index in [9.17, 15) is 4.79 Å². The van der Waals surface area contributed by atoms with Crippen LogP contribution in [-0.4, -0.2) is 12.6 Å². The van der Waals surface area contributed by atoms with Crippen molar-refractivity contribution in [3.05, 3.63) is 90.0 Å². The van der Waals surface area contributed by atoms with E-state index in [1.807, 2.05) is 77.7 Å². The van der Waals surface area contributed by atoms with E-state index in [0.29, 0.717) is 6.61 Å². The molecule has 2 amide bonds. The van der Waals surface area contributed by atoms with Crippen LogP contribution in [0.3, 0.4) is 0 Å². The summed E-state index contributed by atoms with van der Waals surface area (Å²) in [6.07, 6.45) is 3.12. The quantitative estimate of drug-likeness (QED) is 0.644. The van der Waals surface area contributed by atoms with Crippen molar-refractivity contribution in [2.45, 2.75) is 25.9 Å². The predicted molar refractivity (Wildman–Crippen MR) is 113 cm³/mol. The molecule has 1 aliphatic heterocycles. The molecule has 0 spiro atoms. The highest BCUT2D eigenvalue weighted by Gasteiger charge is 2.20. The Morgan fingerprint density at radius 3 is 2.64 bits per heavy atom. The van der Waals surface area contributed by atoms with Crippen LogP contribution in [0.15, 0.2) is 78.9 Å². The number of anilines is 2. The van der Waals surface area contributed by atoms with Crippen molar-refractivity contribution >= 4 is 17.4 Å². The van der Waals surface area contributed by atoms with Gasteiger partial charge in [-0.25, -0.2) is 4.79 Å². The molecule has 0 fully saturated rings. The third-order valence-electron chi connectivity index (χ3n) is 4.94. The number of carbonyl (C=O) groups excluding carboxylic acids is 1. The smallest absolute Gasteiger partial charge is 0.326 e. The van der Waals surface area contributed by atoms with E-state index in [1.165, 1.54) is 5.56 Å². The summed E-state index contributed by atoms with van der Waals surface area (Å²) in [6.45, 7) is 1.23. The van der Waals surface area contributed by atoms with Crippen LogP contribution in [-0.2, 0) is 13.0 Å². The number of carbonyl (C=O) groups is 1. The molecule has 4 nitrogen and oxygen atoms in total. The number of rotatable bonds is 4. The predicted octanol–water partition coefficient (Wildman–Crippen LogP) is 5.64. The summed E-state index contributed by atoms with van der Waals surface area (Å²) in [4.78, 5) is 14.8. The number of fused-ring (bicyclic) bond motifs is 1. The molecule has 0 aliphatic carbocycles. The van der Waals surface area contributed by atoms with Gasteiger partial charge in [-0.3, -0.25) is 4.90 Å². The lowest BCUT2D eigenvalue weighted by Crippen LogP contribution is -2.35. The lowest BCUT2D eigenvalue weighted by molar-refractivity contribution is 0.257. The van der Waals surface area contributed by atoms with E-state index in [4.69, 9.17) is 4.74 Å². The zero-order valence-electron chi connectivity index (χ0n) is 15.8. The van der Waals surface area contributed by atoms with Crippen LogP contribution in [0.4, 0.5) is 16.2 Å². The molecule has 28 heavy (non-hydrogen) atoms. The first kappa shape index (κ1) is 18.1. The minimum atomic E-state index is -0.102. The van der Waals surface area contributed by atoms with E-state index in [2.05, 4.69) is 11.4 Å². The second-order valence-electron chi connectivity index (χ2n) is 6.97. The minimum absolute atomic E-state index is 0.102. The van der Waals surface area contributed by atoms with Gasteiger partial charge in [0.2, 0.25) is 0 Å². The van der Waals surface area contributed by atoms with Crippen molar-refractivity contribution < 1.29 is 9.53 Å². The number of hydrogen-bond acceptors (Lipinski definition) is 2. The number of ether oxygens (including phenoxy) is 1. The Bertz CT molecular complexity index is 940. The van der Waals surface area contributed by atoms with Gasteiger partial charge in [-0.15, -0.1) is 0 Å². The molecule has 0 radical (unpaired) electrons. The first-order valence-corrected chi connectivity index (χ1v) is 9.73. The molecule has 3 aromatic rings. The van der Waals surface area contributed by atoms with Gasteiger partial charge in [0, 0.05) is 24.0 Å². The molecule has 0 unspecified atom stereocenters. The molecule has 0 saturated carbocycles. The van der Waals surface area contributed by atoms with Gasteiger partial charge in [0.15, 0.2) is 0 Å². The number of nitrogens with zero attached hydrogens (tertiary/aromatic N) is 1. The molecule has 4 heteroatoms. The normalized spacial score (nSPS) is 13.4. The molecule has 4 rings (SSSR count). The summed E-state index contributed by atoms with van der Waals surface area (Å²) in [5.41, 5.74) is 4.08. The molecule has 1 aliphatic rings. The van der Waals surface area contributed by atoms with Crippen molar-refractivity contribution in [3.8, 4) is 5.75 Å². The van der Waals surface area contributed by atoms with Crippen LogP contribution < -0.4 is 15.0 Å². The Morgan fingerprint density at radius 2 is 1.75 bits per heavy atom. The third-order valence-corrected chi connectivity index (χ3v) is 4.94. The summed E-state index contributed by atoms with van der Waals surface area (Å²) < 4.78 is 5.87. The molecule has 0 atom stereocenters. The van der Waals surface area contributed by atoms with Crippen molar-refractivity contribution in [1.82, 2.24) is 0 Å². The molecular formula is C24H24N2O2. The summed E-state index contributed by atoms with van der Waals surface area (Å²) in [5, 5.41) is 3.03. The summed E-state index contributed by atoms with van der Waals surface area (Å²) >= 11 is 0. The van der Waals surface area contributed by atoms with Crippen molar-refractivity contribution in [2.24, 2.45) is 0 Å². The van der Waals surface area contributed by atoms with Gasteiger partial charge in [0.25, 0.3) is 0 Å². The molecule has 1 N–H and O–H groups in total. The standard InChI is InChI=1S/C24H24N2O2/c27-24(26-16-7-6-12-20-11-4-5-15-23(20)26)25-21-13-8-14-22(17-21)28-18-19-9-2-1-3-10-19/h1-5,8-11,13-15,17H,6-7,12,16,18H2,(H,25,27). The van der Waals surface area contributed by atoms with Gasteiger partial charge in [-0.2, -0.15) is 0 Å². The highest BCUT2D eigenvalue weighted by Crippen LogP contribution is 2.27. The van der Waals surface area contributed by atoms with Gasteiger partial charge in [0.05, 0.1) is 0 Å². The van der Waals surface area contributed by atoms with Crippen LogP contribution in [0.25, 0.3) is 0 Å². The van der Waals surface area contributed by atoms with Gasteiger partial charge in [-0.1, -0.05) is 54.6 Å². The number of nitrogens with one attached hydrogen (secondary N) is 1. The van der Waals surface area contributed by atoms with Crippen molar-refractivity contribution in [3.63, 3.8) is 0 Å². The number of benzene rings is 3. The number of para-hydroxylation sites is 1. The van der Waals surface area contributed by atoms with Crippen LogP contribution in [0.1, 0.15) is 24.0 Å². The Balaban J connectivity index is 1.45. The van der Waals surface area contributed by atoms with E-state index in [0.717, 1.165) is 48.5 Å². The Morgan fingerprint density at radius 1 is 0.929 bits per heavy atom. The van der Waals surface area contributed by atoms with Gasteiger partial charge < -0.3 is 10.1 Å². The maximum atomic E-state index is 12.9. The molecule has 1 heterocycles. The highest BCUT2D eigenvalue weighted by atomic mass is 16.5. The van der Waals surface area contributed by atoms with Crippen LogP contribution in [0.2, 0.25) is 0 Å². The molecule has 0 aromatic heterocycles. The monoisotopic (exact) mass is 372 g/mol. The van der Waals surface area contributed by atoms with E-state index in [-0.39, 0.29) is 6.03 Å². The summed E-state index contributed by atoms with van der Waals surface area (Å²) in [5.74, 6) is 0.734. The Labute approximate surface area is 165 Å². The van der Waals surface area contributed by atoms with Gasteiger partial charge in [0.1, 0.15) is 12.4 Å². The fraction of sp³-hybridized carbons (Fsp3) is 0.208. The molecule has 3 aromatic carbocycles. The molecule has 142 valence electrons. The number of aryl methyl sites for hydroxylation is 1. The average molecular weight is 372 g/mol. The lowest BCUT2D eigenvalue weighted by atomic mass is 10.1. The fourth-order valence-corrected chi connectivity index (χ4v) is 3.50. The fourth-order valence-electron chi connectivity index (χ4n) is 3.50. The van der Waals surface area contributed by atoms with E-state index in [1.54, 1.807) is 0 Å². The Hall–Kier alpha value is -3.27. The molecule has 0 saturated heterocycles. The van der Waals surface area contributed by atoms with Crippen molar-refractivity contribution in [2.75, 3.05) is 16.8 Å². The third kappa shape index (κ3) is 4.34. The van der Waals surface area contributed by atoms with Gasteiger partial charge in [-0.05, 0) is 48.6 Å². The maximum absolute atomic E-state index is 12.9. The topological polar surface area (TPSA) is 41.6 Å². The van der Waals surface area contributed by atoms with Crippen LogP contribution in [0, 0.1) is 0 Å². The Kier molecular flexibility index (Phi) is 5.57. The number of hydrogen-bond donors (Lipinski definition) is 1. The summed E-state index contributed by atoms with van der Waals surface area (Å²) in [6, 6.07) is 25.6. The van der Waals surface area contributed by atoms with E-state index < -0.39 is 0 Å². The second-order valence-corrected chi connectivity index (χ2v) is 6.97. The highest BCUT2D eigenvalue weighted by molar-refractivity contribution is 6.02. The van der Waals surface area contributed by atoms with Crippen LogP contribution in [0.5, 0.6) is 5.75 Å². The SMILES string of the molecule is O=C(Nc1cccc(OCc2ccccc2)c1)N1CCCCc2ccccc21. The average Bonchev–Trinajstić information content (AvgIpc) is 2.96. The summed E-state index contributed by atoms with van der Waals surface area (Å²) in [7, 11) is 0. The van der Waals surface area contributed by atoms with Crippen molar-refractivity contribution in [1.29, 1.82) is 0 Å².